The maximum atomic E-state index is 13.0. The lowest BCUT2D eigenvalue weighted by Gasteiger charge is -2.14. The average molecular weight is 473 g/mol. The maximum absolute atomic E-state index is 13.0. The van der Waals surface area contributed by atoms with Gasteiger partial charge in [-0.05, 0) is 61.0 Å². The predicted octanol–water partition coefficient (Wildman–Crippen LogP) is 5.80. The third-order valence-corrected chi connectivity index (χ3v) is 6.50. The van der Waals surface area contributed by atoms with Crippen molar-refractivity contribution in [2.24, 2.45) is 0 Å². The minimum atomic E-state index is -3.92. The fourth-order valence-electron chi connectivity index (χ4n) is 2.98. The molecular weight excluding hydrogens is 454 g/mol. The summed E-state index contributed by atoms with van der Waals surface area (Å²) in [7, 11) is -3.92. The summed E-state index contributed by atoms with van der Waals surface area (Å²) in [4.78, 5) is 9.47. The zero-order chi connectivity index (χ0) is 22.7. The van der Waals surface area contributed by atoms with Crippen LogP contribution in [0.2, 0.25) is 0 Å². The zero-order valence-electron chi connectivity index (χ0n) is 16.8. The van der Waals surface area contributed by atoms with Gasteiger partial charge in [-0.15, -0.1) is 0 Å². The smallest absolute Gasteiger partial charge is 0.288 e. The molecule has 0 aliphatic heterocycles. The van der Waals surface area contributed by atoms with Crippen molar-refractivity contribution in [1.82, 2.24) is 9.97 Å². The van der Waals surface area contributed by atoms with E-state index in [-0.39, 0.29) is 16.5 Å². The van der Waals surface area contributed by atoms with Crippen LogP contribution in [0.4, 0.5) is 26.1 Å². The second kappa shape index (κ2) is 9.09. The van der Waals surface area contributed by atoms with E-state index in [1.165, 1.54) is 6.07 Å². The minimum absolute atomic E-state index is 0.0243. The molecule has 1 aromatic heterocycles. The highest BCUT2D eigenvalue weighted by Gasteiger charge is 2.19. The highest BCUT2D eigenvalue weighted by Crippen LogP contribution is 2.30. The lowest BCUT2D eigenvalue weighted by atomic mass is 10.2. The summed E-state index contributed by atoms with van der Waals surface area (Å²) in [5.74, 6) is -2.30. The molecule has 4 rings (SSSR count). The largest absolute Gasteiger partial charge is 0.337 e. The van der Waals surface area contributed by atoms with Crippen LogP contribution in [0.5, 0.6) is 0 Å². The van der Waals surface area contributed by atoms with Crippen LogP contribution in [0.25, 0.3) is 11.0 Å². The number of halogens is 2. The van der Waals surface area contributed by atoms with Gasteiger partial charge in [0.2, 0.25) is 0 Å². The van der Waals surface area contributed by atoms with Crippen molar-refractivity contribution in [2.45, 2.75) is 22.5 Å². The number of para-hydroxylation sites is 2. The van der Waals surface area contributed by atoms with E-state index in [2.05, 4.69) is 20.0 Å². The van der Waals surface area contributed by atoms with Crippen LogP contribution >= 0.6 is 11.8 Å². The maximum Gasteiger partial charge on any atom is 0.288 e. The monoisotopic (exact) mass is 472 g/mol. The van der Waals surface area contributed by atoms with E-state index >= 15 is 0 Å². The molecule has 4 aromatic rings. The van der Waals surface area contributed by atoms with Crippen molar-refractivity contribution in [3.63, 3.8) is 0 Å². The number of nitrogens with zero attached hydrogens (tertiary/aromatic N) is 2. The van der Waals surface area contributed by atoms with Crippen molar-refractivity contribution < 1.29 is 17.2 Å². The molecule has 1 heterocycles. The molecule has 0 fully saturated rings. The van der Waals surface area contributed by atoms with Crippen molar-refractivity contribution in [3.8, 4) is 0 Å². The van der Waals surface area contributed by atoms with Gasteiger partial charge in [-0.2, -0.15) is 8.78 Å². The molecule has 164 valence electrons. The number of thioether (sulfide) groups is 1. The van der Waals surface area contributed by atoms with Gasteiger partial charge < -0.3 is 5.32 Å². The Bertz CT molecular complexity index is 1360. The van der Waals surface area contributed by atoms with Crippen molar-refractivity contribution >= 4 is 50.1 Å². The second-order valence-electron chi connectivity index (χ2n) is 6.86. The summed E-state index contributed by atoms with van der Waals surface area (Å²) in [5, 5.41) is 3.03. The van der Waals surface area contributed by atoms with Crippen LogP contribution in [-0.4, -0.2) is 24.1 Å². The Balaban J connectivity index is 1.71. The van der Waals surface area contributed by atoms with Crippen LogP contribution < -0.4 is 10.0 Å². The summed E-state index contributed by atoms with van der Waals surface area (Å²) < 4.78 is 53.5. The van der Waals surface area contributed by atoms with Crippen LogP contribution in [0.15, 0.2) is 82.6 Å². The van der Waals surface area contributed by atoms with Gasteiger partial charge in [-0.1, -0.05) is 36.0 Å². The van der Waals surface area contributed by atoms with Crippen molar-refractivity contribution in [3.05, 3.63) is 78.4 Å². The molecule has 0 aliphatic carbocycles. The lowest BCUT2D eigenvalue weighted by Crippen LogP contribution is -2.16. The minimum Gasteiger partial charge on any atom is -0.337 e. The zero-order valence-corrected chi connectivity index (χ0v) is 18.4. The van der Waals surface area contributed by atoms with E-state index in [9.17, 15) is 17.2 Å². The number of hydrogen-bond acceptors (Lipinski definition) is 6. The molecule has 0 aliphatic rings. The Hall–Kier alpha value is -3.24. The summed E-state index contributed by atoms with van der Waals surface area (Å²) in [6.45, 7) is 1.80. The first kappa shape index (κ1) is 22.0. The normalized spacial score (nSPS) is 11.6. The van der Waals surface area contributed by atoms with E-state index in [4.69, 9.17) is 0 Å². The Morgan fingerprint density at radius 1 is 0.875 bits per heavy atom. The molecule has 10 heteroatoms. The van der Waals surface area contributed by atoms with E-state index in [1.807, 2.05) is 0 Å². The van der Waals surface area contributed by atoms with Gasteiger partial charge >= 0.3 is 0 Å². The number of anilines is 3. The molecule has 0 saturated heterocycles. The molecule has 2 N–H and O–H groups in total. The lowest BCUT2D eigenvalue weighted by molar-refractivity contribution is 0.252. The number of rotatable bonds is 7. The van der Waals surface area contributed by atoms with Gasteiger partial charge in [0, 0.05) is 10.6 Å². The Kier molecular flexibility index (Phi) is 6.24. The van der Waals surface area contributed by atoms with Gasteiger partial charge in [-0.3, -0.25) is 4.72 Å². The summed E-state index contributed by atoms with van der Waals surface area (Å²) >= 11 is 0.444. The van der Waals surface area contributed by atoms with Crippen molar-refractivity contribution in [2.75, 3.05) is 10.0 Å². The molecule has 0 unspecified atom stereocenters. The number of hydrogen-bond donors (Lipinski definition) is 2. The van der Waals surface area contributed by atoms with Gasteiger partial charge in [0.1, 0.15) is 0 Å². The number of aromatic nitrogens is 2. The Morgan fingerprint density at radius 3 is 2.16 bits per heavy atom. The number of alkyl halides is 2. The summed E-state index contributed by atoms with van der Waals surface area (Å²) in [5.41, 5.74) is 2.43. The molecule has 0 bridgehead atoms. The van der Waals surface area contributed by atoms with Gasteiger partial charge in [0.05, 0.1) is 15.9 Å². The van der Waals surface area contributed by atoms with Gasteiger partial charge in [-0.25, -0.2) is 18.4 Å². The molecule has 0 saturated carbocycles. The summed E-state index contributed by atoms with van der Waals surface area (Å²) in [6, 6.07) is 19.9. The molecular formula is C22H18F2N4O2S2. The highest BCUT2D eigenvalue weighted by atomic mass is 32.2. The van der Waals surface area contributed by atoms with Crippen LogP contribution in [0, 0.1) is 6.92 Å². The molecule has 0 radical (unpaired) electrons. The first-order valence-corrected chi connectivity index (χ1v) is 11.8. The van der Waals surface area contributed by atoms with E-state index in [1.54, 1.807) is 73.7 Å². The number of sulfonamides is 1. The molecule has 6 nitrogen and oxygen atoms in total. The molecule has 0 spiro atoms. The molecule has 0 atom stereocenters. The van der Waals surface area contributed by atoms with Crippen LogP contribution in [-0.2, 0) is 10.0 Å². The van der Waals surface area contributed by atoms with Crippen LogP contribution in [0.1, 0.15) is 5.56 Å². The number of benzene rings is 3. The van der Waals surface area contributed by atoms with Crippen molar-refractivity contribution in [1.29, 1.82) is 0 Å². The first-order valence-electron chi connectivity index (χ1n) is 9.48. The Morgan fingerprint density at radius 2 is 1.53 bits per heavy atom. The average Bonchev–Trinajstić information content (AvgIpc) is 2.75. The fourth-order valence-corrected chi connectivity index (χ4v) is 4.60. The quantitative estimate of drug-likeness (QED) is 0.331. The fraction of sp³-hybridized carbons (Fsp3) is 0.0909. The predicted molar refractivity (Wildman–Crippen MR) is 123 cm³/mol. The molecule has 32 heavy (non-hydrogen) atoms. The molecule has 3 aromatic carbocycles. The topological polar surface area (TPSA) is 84.0 Å². The number of fused-ring (bicyclic) bond motifs is 1. The third-order valence-electron chi connectivity index (χ3n) is 4.44. The number of aryl methyl sites for hydroxylation is 1. The van der Waals surface area contributed by atoms with E-state index in [0.29, 0.717) is 33.4 Å². The SMILES string of the molecule is Cc1cccc(S(=O)(=O)Nc2nc3ccccc3nc2Nc2ccc(SC(F)F)cc2)c1. The second-order valence-corrected chi connectivity index (χ2v) is 9.61. The van der Waals surface area contributed by atoms with Gasteiger partial charge in [0.25, 0.3) is 15.8 Å². The van der Waals surface area contributed by atoms with Gasteiger partial charge in [0.15, 0.2) is 11.6 Å². The molecule has 0 amide bonds. The van der Waals surface area contributed by atoms with Crippen LogP contribution in [0.3, 0.4) is 0 Å². The van der Waals surface area contributed by atoms with E-state index < -0.39 is 15.8 Å². The summed E-state index contributed by atoms with van der Waals surface area (Å²) in [6.07, 6.45) is 0. The first-order chi connectivity index (χ1) is 15.3. The van der Waals surface area contributed by atoms with E-state index in [0.717, 1.165) is 5.56 Å². The number of nitrogens with one attached hydrogen (secondary N) is 2. The Labute approximate surface area is 188 Å². The standard InChI is InChI=1S/C22H18F2N4O2S2/c1-14-5-4-6-17(13-14)32(29,30)28-21-20(26-18-7-2-3-8-19(18)27-21)25-15-9-11-16(12-10-15)31-22(23)24/h2-13,22H,1H3,(H,25,26)(H,27,28). The highest BCUT2D eigenvalue weighted by molar-refractivity contribution is 7.99. The third kappa shape index (κ3) is 5.14.